The van der Waals surface area contributed by atoms with E-state index >= 15 is 0 Å². The topological polar surface area (TPSA) is 79.0 Å². The van der Waals surface area contributed by atoms with Crippen molar-refractivity contribution in [3.05, 3.63) is 102 Å². The molecule has 6 nitrogen and oxygen atoms in total. The summed E-state index contributed by atoms with van der Waals surface area (Å²) in [5.74, 6) is 0.0357. The molecule has 0 aliphatic heterocycles. The molecule has 0 radical (unpaired) electrons. The number of amidine groups is 1. The van der Waals surface area contributed by atoms with Crippen molar-refractivity contribution in [1.82, 2.24) is 9.47 Å². The van der Waals surface area contributed by atoms with Crippen LogP contribution in [0.5, 0.6) is 0 Å². The number of carbonyl (C=O) groups is 1. The van der Waals surface area contributed by atoms with Gasteiger partial charge in [-0.2, -0.15) is 0 Å². The van der Waals surface area contributed by atoms with Crippen molar-refractivity contribution in [3.8, 4) is 0 Å². The lowest BCUT2D eigenvalue weighted by Crippen LogP contribution is -2.33. The number of carbonyl (C=O) groups excluding carboxylic acids is 1. The van der Waals surface area contributed by atoms with Gasteiger partial charge in [0, 0.05) is 48.2 Å². The molecule has 3 N–H and O–H groups in total. The number of nitrogens with two attached hydrogens (primary N) is 1. The van der Waals surface area contributed by atoms with Crippen LogP contribution in [0.1, 0.15) is 34.1 Å². The number of nitrogen functional groups attached to an aromatic ring is 1. The molecule has 1 amide bonds. The van der Waals surface area contributed by atoms with Crippen molar-refractivity contribution in [2.24, 2.45) is 12.8 Å². The van der Waals surface area contributed by atoms with E-state index in [1.807, 2.05) is 103 Å². The average molecular weight is 427 g/mol. The van der Waals surface area contributed by atoms with Gasteiger partial charge in [-0.3, -0.25) is 10.2 Å². The average Bonchev–Trinajstić information content (AvgIpc) is 3.17. The van der Waals surface area contributed by atoms with E-state index in [-0.39, 0.29) is 11.7 Å². The second-order valence-corrected chi connectivity index (χ2v) is 7.98. The highest BCUT2D eigenvalue weighted by Crippen LogP contribution is 2.23. The Morgan fingerprint density at radius 3 is 2.50 bits per heavy atom. The van der Waals surface area contributed by atoms with E-state index < -0.39 is 0 Å². The van der Waals surface area contributed by atoms with E-state index in [2.05, 4.69) is 4.57 Å². The molecule has 2 aromatic carbocycles. The summed E-state index contributed by atoms with van der Waals surface area (Å²) in [6.45, 7) is 3.69. The Kier molecular flexibility index (Phi) is 6.03. The van der Waals surface area contributed by atoms with E-state index in [1.54, 1.807) is 0 Å². The third-order valence-electron chi connectivity index (χ3n) is 5.70. The summed E-state index contributed by atoms with van der Waals surface area (Å²) < 4.78 is 4.04. The van der Waals surface area contributed by atoms with Crippen molar-refractivity contribution in [1.29, 1.82) is 5.41 Å². The van der Waals surface area contributed by atoms with Gasteiger partial charge in [-0.05, 0) is 36.2 Å². The standard InChI is InChI=1S/C26H28N5O/c1-3-30(17-19-11-13-29(2)14-12-19)26(32)24-16-21-8-4-5-10-23(21)31(24)18-20-7-6-9-22(15-20)25(27)28/h4-16H,3,17-18H2,1-2H3,(H3,27,28)/q+1. The third-order valence-corrected chi connectivity index (χ3v) is 5.70. The molecule has 0 aliphatic carbocycles. The molecule has 32 heavy (non-hydrogen) atoms. The summed E-state index contributed by atoms with van der Waals surface area (Å²) >= 11 is 0. The number of para-hydroxylation sites is 1. The Labute approximate surface area is 188 Å². The van der Waals surface area contributed by atoms with Gasteiger partial charge in [0.2, 0.25) is 0 Å². The smallest absolute Gasteiger partial charge is 0.270 e. The lowest BCUT2D eigenvalue weighted by molar-refractivity contribution is -0.671. The second kappa shape index (κ2) is 9.06. The number of aryl methyl sites for hydroxylation is 1. The lowest BCUT2D eigenvalue weighted by atomic mass is 10.1. The van der Waals surface area contributed by atoms with Gasteiger partial charge < -0.3 is 15.2 Å². The molecular formula is C26H28N5O+. The highest BCUT2D eigenvalue weighted by Gasteiger charge is 2.21. The van der Waals surface area contributed by atoms with Gasteiger partial charge in [-0.1, -0.05) is 36.4 Å². The van der Waals surface area contributed by atoms with Crippen LogP contribution in [0.15, 0.2) is 79.1 Å². The van der Waals surface area contributed by atoms with Crippen LogP contribution in [0.2, 0.25) is 0 Å². The summed E-state index contributed by atoms with van der Waals surface area (Å²) in [5, 5.41) is 8.76. The van der Waals surface area contributed by atoms with Gasteiger partial charge in [0.25, 0.3) is 5.91 Å². The summed E-state index contributed by atoms with van der Waals surface area (Å²) in [6.07, 6.45) is 3.99. The Balaban J connectivity index is 1.71. The van der Waals surface area contributed by atoms with Gasteiger partial charge in [0.15, 0.2) is 12.4 Å². The zero-order chi connectivity index (χ0) is 22.7. The number of pyridine rings is 1. The Morgan fingerprint density at radius 2 is 1.78 bits per heavy atom. The van der Waals surface area contributed by atoms with Crippen LogP contribution in [0, 0.1) is 5.41 Å². The van der Waals surface area contributed by atoms with Crippen molar-refractivity contribution >= 4 is 22.6 Å². The van der Waals surface area contributed by atoms with Crippen LogP contribution in [0.4, 0.5) is 0 Å². The minimum Gasteiger partial charge on any atom is -0.384 e. The van der Waals surface area contributed by atoms with Crippen LogP contribution in [0.3, 0.4) is 0 Å². The highest BCUT2D eigenvalue weighted by atomic mass is 16.2. The van der Waals surface area contributed by atoms with Gasteiger partial charge >= 0.3 is 0 Å². The lowest BCUT2D eigenvalue weighted by Gasteiger charge is -2.22. The van der Waals surface area contributed by atoms with Gasteiger partial charge in [0.1, 0.15) is 18.6 Å². The normalized spacial score (nSPS) is 10.9. The first-order valence-electron chi connectivity index (χ1n) is 10.7. The molecule has 0 spiro atoms. The predicted molar refractivity (Wildman–Crippen MR) is 127 cm³/mol. The largest absolute Gasteiger partial charge is 0.384 e. The zero-order valence-corrected chi connectivity index (χ0v) is 18.5. The summed E-state index contributed by atoms with van der Waals surface area (Å²) in [5.41, 5.74) is 10.1. The number of rotatable bonds is 7. The fourth-order valence-electron chi connectivity index (χ4n) is 3.92. The number of hydrogen-bond acceptors (Lipinski definition) is 2. The van der Waals surface area contributed by atoms with Gasteiger partial charge in [-0.25, -0.2) is 4.57 Å². The molecule has 0 saturated carbocycles. The number of hydrogen-bond donors (Lipinski definition) is 2. The second-order valence-electron chi connectivity index (χ2n) is 7.98. The van der Waals surface area contributed by atoms with Gasteiger partial charge in [0.05, 0.1) is 0 Å². The Hall–Kier alpha value is -3.93. The van der Waals surface area contributed by atoms with Crippen molar-refractivity contribution in [2.75, 3.05) is 6.54 Å². The molecule has 4 aromatic rings. The van der Waals surface area contributed by atoms with Crippen LogP contribution >= 0.6 is 0 Å². The number of nitrogens with one attached hydrogen (secondary N) is 1. The fraction of sp³-hybridized carbons (Fsp3) is 0.192. The van der Waals surface area contributed by atoms with Crippen LogP contribution in [-0.4, -0.2) is 27.8 Å². The molecule has 0 fully saturated rings. The van der Waals surface area contributed by atoms with E-state index in [4.69, 9.17) is 11.1 Å². The molecular weight excluding hydrogens is 398 g/mol. The maximum absolute atomic E-state index is 13.6. The quantitative estimate of drug-likeness (QED) is 0.270. The molecule has 162 valence electrons. The number of nitrogens with zero attached hydrogens (tertiary/aromatic N) is 3. The fourth-order valence-corrected chi connectivity index (χ4v) is 3.92. The maximum Gasteiger partial charge on any atom is 0.270 e. The first-order chi connectivity index (χ1) is 15.5. The molecule has 2 aromatic heterocycles. The molecule has 0 saturated heterocycles. The molecule has 0 bridgehead atoms. The summed E-state index contributed by atoms with van der Waals surface area (Å²) in [6, 6.07) is 21.7. The number of aromatic nitrogens is 2. The van der Waals surface area contributed by atoms with Gasteiger partial charge in [-0.15, -0.1) is 0 Å². The monoisotopic (exact) mass is 426 g/mol. The van der Waals surface area contributed by atoms with Crippen LogP contribution in [-0.2, 0) is 20.1 Å². The minimum absolute atomic E-state index is 0.000324. The van der Waals surface area contributed by atoms with Crippen LogP contribution in [0.25, 0.3) is 10.9 Å². The van der Waals surface area contributed by atoms with Crippen LogP contribution < -0.4 is 10.3 Å². The first kappa shape index (κ1) is 21.3. The van der Waals surface area contributed by atoms with E-state index in [0.29, 0.717) is 30.9 Å². The molecule has 2 heterocycles. The van der Waals surface area contributed by atoms with Crippen molar-refractivity contribution in [3.63, 3.8) is 0 Å². The first-order valence-corrected chi connectivity index (χ1v) is 10.7. The van der Waals surface area contributed by atoms with Crippen molar-refractivity contribution < 1.29 is 9.36 Å². The SMILES string of the molecule is CCN(Cc1cc[n+](C)cc1)C(=O)c1cc2ccccc2n1Cc1cccc(C(=N)N)c1. The Morgan fingerprint density at radius 1 is 1.03 bits per heavy atom. The molecule has 6 heteroatoms. The van der Waals surface area contributed by atoms with Crippen molar-refractivity contribution in [2.45, 2.75) is 20.0 Å². The summed E-state index contributed by atoms with van der Waals surface area (Å²) in [7, 11) is 1.98. The summed E-state index contributed by atoms with van der Waals surface area (Å²) in [4.78, 5) is 15.5. The minimum atomic E-state index is -0.000324. The molecule has 0 unspecified atom stereocenters. The molecule has 4 rings (SSSR count). The predicted octanol–water partition coefficient (Wildman–Crippen LogP) is 3.46. The number of amides is 1. The maximum atomic E-state index is 13.6. The van der Waals surface area contributed by atoms with E-state index in [9.17, 15) is 4.79 Å². The third kappa shape index (κ3) is 4.39. The highest BCUT2D eigenvalue weighted by molar-refractivity contribution is 5.99. The van der Waals surface area contributed by atoms with E-state index in [0.717, 1.165) is 22.0 Å². The van der Waals surface area contributed by atoms with E-state index in [1.165, 1.54) is 0 Å². The zero-order valence-electron chi connectivity index (χ0n) is 18.5. The molecule has 0 atom stereocenters. The Bertz CT molecular complexity index is 1270. The number of fused-ring (bicyclic) bond motifs is 1. The molecule has 0 aliphatic rings. The number of benzene rings is 2.